The summed E-state index contributed by atoms with van der Waals surface area (Å²) in [6.45, 7) is -0.666. The molecule has 80 valence electrons. The number of nitriles is 1. The summed E-state index contributed by atoms with van der Waals surface area (Å²) in [5, 5.41) is 17.6. The second kappa shape index (κ2) is 4.77. The molecule has 0 aromatic carbocycles. The van der Waals surface area contributed by atoms with E-state index in [0.29, 0.717) is 0 Å². The van der Waals surface area contributed by atoms with Crippen molar-refractivity contribution >= 4 is 0 Å². The summed E-state index contributed by atoms with van der Waals surface area (Å²) in [5.41, 5.74) is 4.74. The number of aliphatic hydroxyl groups is 1. The summed E-state index contributed by atoms with van der Waals surface area (Å²) in [4.78, 5) is 3.74. The Morgan fingerprint density at radius 3 is 2.67 bits per heavy atom. The third-order valence-corrected chi connectivity index (χ3v) is 1.92. The van der Waals surface area contributed by atoms with E-state index in [9.17, 15) is 8.78 Å². The molecule has 1 heterocycles. The number of alkyl halides is 2. The maximum Gasteiger partial charge on any atom is 0.264 e. The highest BCUT2D eigenvalue weighted by atomic mass is 19.3. The molecule has 0 aliphatic heterocycles. The molecular formula is C9H9F2N3O. The number of pyridine rings is 1. The van der Waals surface area contributed by atoms with Crippen LogP contribution in [0.1, 0.15) is 28.9 Å². The second-order valence-corrected chi connectivity index (χ2v) is 2.80. The van der Waals surface area contributed by atoms with Crippen LogP contribution >= 0.6 is 0 Å². The highest BCUT2D eigenvalue weighted by molar-refractivity contribution is 5.39. The van der Waals surface area contributed by atoms with E-state index < -0.39 is 13.0 Å². The lowest BCUT2D eigenvalue weighted by atomic mass is 10.1. The van der Waals surface area contributed by atoms with E-state index in [0.717, 1.165) is 6.07 Å². The van der Waals surface area contributed by atoms with E-state index in [-0.39, 0.29) is 29.1 Å². The average molecular weight is 213 g/mol. The van der Waals surface area contributed by atoms with Gasteiger partial charge < -0.3 is 10.8 Å². The van der Waals surface area contributed by atoms with Crippen LogP contribution in [0.5, 0.6) is 0 Å². The van der Waals surface area contributed by atoms with Gasteiger partial charge in [0.2, 0.25) is 0 Å². The minimum atomic E-state index is -2.76. The van der Waals surface area contributed by atoms with Gasteiger partial charge in [0.25, 0.3) is 6.43 Å². The molecule has 0 bridgehead atoms. The van der Waals surface area contributed by atoms with E-state index in [1.54, 1.807) is 6.07 Å². The van der Waals surface area contributed by atoms with Crippen molar-refractivity contribution in [1.29, 1.82) is 5.26 Å². The van der Waals surface area contributed by atoms with Crippen molar-refractivity contribution in [2.75, 3.05) is 0 Å². The monoisotopic (exact) mass is 213 g/mol. The average Bonchev–Trinajstić information content (AvgIpc) is 2.26. The van der Waals surface area contributed by atoms with Crippen LogP contribution in [-0.4, -0.2) is 10.1 Å². The zero-order valence-electron chi connectivity index (χ0n) is 7.74. The van der Waals surface area contributed by atoms with Crippen LogP contribution in [0.25, 0.3) is 0 Å². The molecule has 0 atom stereocenters. The lowest BCUT2D eigenvalue weighted by Crippen LogP contribution is -2.07. The summed E-state index contributed by atoms with van der Waals surface area (Å²) in [7, 11) is 0. The van der Waals surface area contributed by atoms with Crippen molar-refractivity contribution in [3.8, 4) is 6.07 Å². The predicted molar refractivity (Wildman–Crippen MR) is 47.7 cm³/mol. The van der Waals surface area contributed by atoms with E-state index in [2.05, 4.69) is 4.98 Å². The van der Waals surface area contributed by atoms with Crippen LogP contribution < -0.4 is 5.73 Å². The summed E-state index contributed by atoms with van der Waals surface area (Å²) in [5.74, 6) is 0. The molecule has 0 radical (unpaired) electrons. The topological polar surface area (TPSA) is 82.9 Å². The lowest BCUT2D eigenvalue weighted by molar-refractivity contribution is 0.146. The van der Waals surface area contributed by atoms with Crippen molar-refractivity contribution in [2.24, 2.45) is 5.73 Å². The number of aliphatic hydroxyl groups excluding tert-OH is 1. The first-order valence-corrected chi connectivity index (χ1v) is 4.15. The minimum Gasteiger partial charge on any atom is -0.392 e. The molecule has 15 heavy (non-hydrogen) atoms. The summed E-state index contributed by atoms with van der Waals surface area (Å²) >= 11 is 0. The van der Waals surface area contributed by atoms with Gasteiger partial charge in [0.15, 0.2) is 0 Å². The number of hydrogen-bond acceptors (Lipinski definition) is 4. The largest absolute Gasteiger partial charge is 0.392 e. The van der Waals surface area contributed by atoms with Gasteiger partial charge in [-0.1, -0.05) is 0 Å². The first-order chi connectivity index (χ1) is 7.13. The quantitative estimate of drug-likeness (QED) is 0.779. The summed E-state index contributed by atoms with van der Waals surface area (Å²) in [6, 6.07) is 2.76. The second-order valence-electron chi connectivity index (χ2n) is 2.80. The smallest absolute Gasteiger partial charge is 0.264 e. The van der Waals surface area contributed by atoms with Crippen LogP contribution in [0.4, 0.5) is 8.78 Å². The first-order valence-electron chi connectivity index (χ1n) is 4.15. The normalized spacial score (nSPS) is 10.4. The maximum absolute atomic E-state index is 12.6. The summed E-state index contributed by atoms with van der Waals surface area (Å²) < 4.78 is 25.1. The number of nitrogens with zero attached hydrogens (tertiary/aromatic N) is 2. The molecule has 0 saturated carbocycles. The van der Waals surface area contributed by atoms with Gasteiger partial charge in [0.1, 0.15) is 11.8 Å². The van der Waals surface area contributed by atoms with Gasteiger partial charge in [0.05, 0.1) is 12.3 Å². The van der Waals surface area contributed by atoms with E-state index in [1.165, 1.54) is 0 Å². The Balaban J connectivity index is 3.41. The van der Waals surface area contributed by atoms with Gasteiger partial charge in [-0.25, -0.2) is 13.8 Å². The molecule has 0 amide bonds. The number of rotatable bonds is 3. The highest BCUT2D eigenvalue weighted by Crippen LogP contribution is 2.25. The zero-order valence-corrected chi connectivity index (χ0v) is 7.74. The number of hydrogen-bond donors (Lipinski definition) is 2. The predicted octanol–water partition coefficient (Wildman–Crippen LogP) is 0.842. The fourth-order valence-corrected chi connectivity index (χ4v) is 1.20. The van der Waals surface area contributed by atoms with Gasteiger partial charge in [-0.05, 0) is 6.07 Å². The molecule has 0 saturated heterocycles. The molecule has 3 N–H and O–H groups in total. The molecule has 1 aromatic rings. The van der Waals surface area contributed by atoms with Gasteiger partial charge in [0, 0.05) is 17.7 Å². The van der Waals surface area contributed by atoms with Gasteiger partial charge in [-0.2, -0.15) is 5.26 Å². The van der Waals surface area contributed by atoms with Crippen LogP contribution in [0, 0.1) is 11.3 Å². The van der Waals surface area contributed by atoms with Gasteiger partial charge in [-0.15, -0.1) is 0 Å². The Kier molecular flexibility index (Phi) is 3.66. The summed E-state index contributed by atoms with van der Waals surface area (Å²) in [6.07, 6.45) is -2.76. The van der Waals surface area contributed by atoms with Crippen molar-refractivity contribution in [3.05, 3.63) is 28.6 Å². The SMILES string of the molecule is N#Cc1nc(CN)cc(C(F)F)c1CO. The Hall–Kier alpha value is -1.58. The fraction of sp³-hybridized carbons (Fsp3) is 0.333. The third kappa shape index (κ3) is 2.26. The Morgan fingerprint density at radius 2 is 2.27 bits per heavy atom. The van der Waals surface area contributed by atoms with Crippen LogP contribution in [0.2, 0.25) is 0 Å². The lowest BCUT2D eigenvalue weighted by Gasteiger charge is -2.09. The Labute approximate surface area is 85.0 Å². The van der Waals surface area contributed by atoms with Crippen molar-refractivity contribution < 1.29 is 13.9 Å². The molecule has 1 aromatic heterocycles. The molecule has 4 nitrogen and oxygen atoms in total. The molecule has 0 fully saturated rings. The van der Waals surface area contributed by atoms with Crippen molar-refractivity contribution in [1.82, 2.24) is 4.98 Å². The number of halogens is 2. The van der Waals surface area contributed by atoms with Gasteiger partial charge >= 0.3 is 0 Å². The van der Waals surface area contributed by atoms with E-state index in [4.69, 9.17) is 16.1 Å². The maximum atomic E-state index is 12.6. The molecule has 6 heteroatoms. The van der Waals surface area contributed by atoms with Gasteiger partial charge in [-0.3, -0.25) is 0 Å². The minimum absolute atomic E-state index is 0.0277. The van der Waals surface area contributed by atoms with Crippen molar-refractivity contribution in [2.45, 2.75) is 19.6 Å². The fourth-order valence-electron chi connectivity index (χ4n) is 1.20. The van der Waals surface area contributed by atoms with E-state index in [1.807, 2.05) is 0 Å². The third-order valence-electron chi connectivity index (χ3n) is 1.92. The van der Waals surface area contributed by atoms with E-state index >= 15 is 0 Å². The first kappa shape index (κ1) is 11.5. The highest BCUT2D eigenvalue weighted by Gasteiger charge is 2.18. The molecule has 0 aliphatic rings. The molecule has 1 rings (SSSR count). The standard InChI is InChI=1S/C9H9F2N3O/c10-9(11)6-1-5(2-12)14-8(3-13)7(6)4-15/h1,9,15H,2,4,12H2. The Bertz CT molecular complexity index is 401. The van der Waals surface area contributed by atoms with Crippen LogP contribution in [-0.2, 0) is 13.2 Å². The van der Waals surface area contributed by atoms with Crippen LogP contribution in [0.3, 0.4) is 0 Å². The molecular weight excluding hydrogens is 204 g/mol. The zero-order chi connectivity index (χ0) is 11.4. The molecule has 0 unspecified atom stereocenters. The number of aromatic nitrogens is 1. The Morgan fingerprint density at radius 1 is 1.60 bits per heavy atom. The number of nitrogens with two attached hydrogens (primary N) is 1. The molecule has 0 aliphatic carbocycles. The molecule has 0 spiro atoms. The van der Waals surface area contributed by atoms with Crippen molar-refractivity contribution in [3.63, 3.8) is 0 Å². The van der Waals surface area contributed by atoms with Crippen LogP contribution in [0.15, 0.2) is 6.07 Å².